The second kappa shape index (κ2) is 5.91. The maximum absolute atomic E-state index is 13.0. The van der Waals surface area contributed by atoms with E-state index in [9.17, 15) is 18.0 Å². The molecule has 1 heterocycles. The highest BCUT2D eigenvalue weighted by Crippen LogP contribution is 2.43. The average molecular weight is 303 g/mol. The van der Waals surface area contributed by atoms with E-state index in [0.29, 0.717) is 18.4 Å². The van der Waals surface area contributed by atoms with Crippen LogP contribution in [0.1, 0.15) is 36.3 Å². The standard InChI is InChI=1S/C14H16F3NO3/c1-20-12-11(14(15,16)17)6-8(7-18-12)9-4-3-5-10(9)13(19)21-2/h6-7,9-10H,3-5H2,1-2H3. The van der Waals surface area contributed by atoms with E-state index >= 15 is 0 Å². The molecule has 1 saturated carbocycles. The van der Waals surface area contributed by atoms with Crippen LogP contribution < -0.4 is 4.74 Å². The molecular formula is C14H16F3NO3. The summed E-state index contributed by atoms with van der Waals surface area (Å²) in [5.41, 5.74) is -0.519. The molecule has 7 heteroatoms. The zero-order chi connectivity index (χ0) is 15.6. The Labute approximate surface area is 120 Å². The Morgan fingerprint density at radius 3 is 2.62 bits per heavy atom. The van der Waals surface area contributed by atoms with Gasteiger partial charge < -0.3 is 9.47 Å². The number of methoxy groups -OCH3 is 2. The average Bonchev–Trinajstić information content (AvgIpc) is 2.94. The number of carbonyl (C=O) groups is 1. The van der Waals surface area contributed by atoms with Crippen molar-refractivity contribution in [1.82, 2.24) is 4.98 Å². The van der Waals surface area contributed by atoms with Crippen LogP contribution in [0.15, 0.2) is 12.3 Å². The Hall–Kier alpha value is -1.79. The van der Waals surface area contributed by atoms with Crippen LogP contribution in [0, 0.1) is 5.92 Å². The molecule has 1 aromatic rings. The van der Waals surface area contributed by atoms with Gasteiger partial charge in [-0.3, -0.25) is 4.79 Å². The van der Waals surface area contributed by atoms with Gasteiger partial charge in [0.15, 0.2) is 0 Å². The maximum Gasteiger partial charge on any atom is 0.421 e. The van der Waals surface area contributed by atoms with Crippen LogP contribution in [-0.4, -0.2) is 25.2 Å². The third-order valence-electron chi connectivity index (χ3n) is 3.82. The third-order valence-corrected chi connectivity index (χ3v) is 3.82. The SMILES string of the molecule is COC(=O)C1CCCC1c1cnc(OC)c(C(F)(F)F)c1. The van der Waals surface area contributed by atoms with Crippen molar-refractivity contribution >= 4 is 5.97 Å². The number of esters is 1. The number of hydrogen-bond donors (Lipinski definition) is 0. The second-order valence-corrected chi connectivity index (χ2v) is 4.99. The molecule has 0 amide bonds. The van der Waals surface area contributed by atoms with E-state index in [0.717, 1.165) is 19.6 Å². The van der Waals surface area contributed by atoms with Gasteiger partial charge in [-0.1, -0.05) is 6.42 Å². The van der Waals surface area contributed by atoms with E-state index in [2.05, 4.69) is 9.72 Å². The number of pyridine rings is 1. The molecular weight excluding hydrogens is 287 g/mol. The van der Waals surface area contributed by atoms with Crippen LogP contribution in [-0.2, 0) is 15.7 Å². The summed E-state index contributed by atoms with van der Waals surface area (Å²) in [6.07, 6.45) is -1.17. The quantitative estimate of drug-likeness (QED) is 0.805. The minimum atomic E-state index is -4.55. The van der Waals surface area contributed by atoms with Crippen molar-refractivity contribution in [3.05, 3.63) is 23.4 Å². The summed E-state index contributed by atoms with van der Waals surface area (Å²) in [6, 6.07) is 1.03. The minimum Gasteiger partial charge on any atom is -0.481 e. The van der Waals surface area contributed by atoms with Gasteiger partial charge in [0.2, 0.25) is 5.88 Å². The second-order valence-electron chi connectivity index (χ2n) is 4.99. The third kappa shape index (κ3) is 3.11. The van der Waals surface area contributed by atoms with Gasteiger partial charge in [-0.2, -0.15) is 13.2 Å². The number of halogens is 3. The highest BCUT2D eigenvalue weighted by atomic mass is 19.4. The molecule has 1 aliphatic carbocycles. The largest absolute Gasteiger partial charge is 0.481 e. The molecule has 0 spiro atoms. The molecule has 2 rings (SSSR count). The first-order valence-corrected chi connectivity index (χ1v) is 6.57. The number of nitrogens with zero attached hydrogens (tertiary/aromatic N) is 1. The van der Waals surface area contributed by atoms with Gasteiger partial charge in [0, 0.05) is 6.20 Å². The highest BCUT2D eigenvalue weighted by Gasteiger charge is 2.39. The number of hydrogen-bond acceptors (Lipinski definition) is 4. The van der Waals surface area contributed by atoms with E-state index in [1.54, 1.807) is 0 Å². The van der Waals surface area contributed by atoms with Gasteiger partial charge >= 0.3 is 12.1 Å². The fraction of sp³-hybridized carbons (Fsp3) is 0.571. The highest BCUT2D eigenvalue weighted by molar-refractivity contribution is 5.74. The fourth-order valence-corrected chi connectivity index (χ4v) is 2.83. The van der Waals surface area contributed by atoms with Crippen LogP contribution in [0.5, 0.6) is 5.88 Å². The number of ether oxygens (including phenoxy) is 2. The first kappa shape index (κ1) is 15.6. The molecule has 0 aliphatic heterocycles. The summed E-state index contributed by atoms with van der Waals surface area (Å²) in [6.45, 7) is 0. The fourth-order valence-electron chi connectivity index (χ4n) is 2.83. The van der Waals surface area contributed by atoms with Crippen LogP contribution in [0.3, 0.4) is 0 Å². The lowest BCUT2D eigenvalue weighted by molar-refractivity contribution is -0.145. The lowest BCUT2D eigenvalue weighted by Gasteiger charge is -2.19. The lowest BCUT2D eigenvalue weighted by Crippen LogP contribution is -2.20. The van der Waals surface area contributed by atoms with Crippen molar-refractivity contribution in [2.24, 2.45) is 5.92 Å². The number of alkyl halides is 3. The zero-order valence-electron chi connectivity index (χ0n) is 11.7. The van der Waals surface area contributed by atoms with E-state index < -0.39 is 23.5 Å². The van der Waals surface area contributed by atoms with Crippen molar-refractivity contribution < 1.29 is 27.4 Å². The van der Waals surface area contributed by atoms with Gasteiger partial charge in [0.1, 0.15) is 5.56 Å². The van der Waals surface area contributed by atoms with Crippen LogP contribution in [0.4, 0.5) is 13.2 Å². The summed E-state index contributed by atoms with van der Waals surface area (Å²) in [5.74, 6) is -1.55. The van der Waals surface area contributed by atoms with Crippen LogP contribution in [0.25, 0.3) is 0 Å². The predicted molar refractivity (Wildman–Crippen MR) is 67.9 cm³/mol. The van der Waals surface area contributed by atoms with Crippen molar-refractivity contribution in [3.8, 4) is 5.88 Å². The maximum atomic E-state index is 13.0. The number of aromatic nitrogens is 1. The molecule has 1 fully saturated rings. The number of carbonyl (C=O) groups excluding carboxylic acids is 1. The molecule has 2 unspecified atom stereocenters. The molecule has 1 aliphatic rings. The predicted octanol–water partition coefficient (Wildman–Crippen LogP) is 3.17. The zero-order valence-corrected chi connectivity index (χ0v) is 11.7. The smallest absolute Gasteiger partial charge is 0.421 e. The molecule has 0 N–H and O–H groups in total. The summed E-state index contributed by atoms with van der Waals surface area (Å²) in [5, 5.41) is 0. The molecule has 1 aromatic heterocycles. The lowest BCUT2D eigenvalue weighted by atomic mass is 9.89. The van der Waals surface area contributed by atoms with Crippen molar-refractivity contribution in [2.75, 3.05) is 14.2 Å². The Morgan fingerprint density at radius 1 is 1.33 bits per heavy atom. The molecule has 0 saturated heterocycles. The van der Waals surface area contributed by atoms with E-state index in [1.165, 1.54) is 13.3 Å². The summed E-state index contributed by atoms with van der Waals surface area (Å²) in [7, 11) is 2.43. The van der Waals surface area contributed by atoms with Crippen molar-refractivity contribution in [3.63, 3.8) is 0 Å². The molecule has 2 atom stereocenters. The van der Waals surface area contributed by atoms with Crippen molar-refractivity contribution in [2.45, 2.75) is 31.4 Å². The molecule has 0 bridgehead atoms. The Balaban J connectivity index is 2.38. The normalized spacial score (nSPS) is 22.1. The Kier molecular flexibility index (Phi) is 4.39. The van der Waals surface area contributed by atoms with Gasteiger partial charge in [0.05, 0.1) is 20.1 Å². The minimum absolute atomic E-state index is 0.294. The van der Waals surface area contributed by atoms with E-state index in [4.69, 9.17) is 4.74 Å². The van der Waals surface area contributed by atoms with E-state index in [-0.39, 0.29) is 11.9 Å². The summed E-state index contributed by atoms with van der Waals surface area (Å²) in [4.78, 5) is 15.4. The molecule has 116 valence electrons. The molecule has 4 nitrogen and oxygen atoms in total. The topological polar surface area (TPSA) is 48.4 Å². The summed E-state index contributed by atoms with van der Waals surface area (Å²) >= 11 is 0. The van der Waals surface area contributed by atoms with Gasteiger partial charge in [-0.15, -0.1) is 0 Å². The molecule has 0 aromatic carbocycles. The van der Waals surface area contributed by atoms with Crippen LogP contribution >= 0.6 is 0 Å². The van der Waals surface area contributed by atoms with Crippen LogP contribution in [0.2, 0.25) is 0 Å². The first-order valence-electron chi connectivity index (χ1n) is 6.57. The van der Waals surface area contributed by atoms with Gasteiger partial charge in [-0.05, 0) is 30.4 Å². The van der Waals surface area contributed by atoms with E-state index in [1.807, 2.05) is 0 Å². The van der Waals surface area contributed by atoms with Crippen molar-refractivity contribution in [1.29, 1.82) is 0 Å². The molecule has 0 radical (unpaired) electrons. The number of rotatable bonds is 3. The van der Waals surface area contributed by atoms with Gasteiger partial charge in [-0.25, -0.2) is 4.98 Å². The Morgan fingerprint density at radius 2 is 2.05 bits per heavy atom. The summed E-state index contributed by atoms with van der Waals surface area (Å²) < 4.78 is 48.4. The monoisotopic (exact) mass is 303 g/mol. The van der Waals surface area contributed by atoms with Gasteiger partial charge in [0.25, 0.3) is 0 Å². The first-order chi connectivity index (χ1) is 9.88. The molecule has 21 heavy (non-hydrogen) atoms. The Bertz CT molecular complexity index is 531.